The molecule has 1 aromatic rings. The van der Waals surface area contributed by atoms with Crippen LogP contribution in [0.2, 0.25) is 5.02 Å². The van der Waals surface area contributed by atoms with Gasteiger partial charge in [-0.25, -0.2) is 0 Å². The standard InChI is InChI=1S/C15H29ClN4/c1-6-8-19(11-15(4,5)10-17)9-13-14(16)12(3)18-20(13)7-2/h6-11,17H2,1-5H3. The molecule has 4 nitrogen and oxygen atoms in total. The molecule has 1 heterocycles. The molecule has 0 amide bonds. The van der Waals surface area contributed by atoms with Gasteiger partial charge in [0.2, 0.25) is 0 Å². The van der Waals surface area contributed by atoms with E-state index in [0.29, 0.717) is 6.54 Å². The van der Waals surface area contributed by atoms with E-state index in [1.165, 1.54) is 0 Å². The maximum Gasteiger partial charge on any atom is 0.0860 e. The van der Waals surface area contributed by atoms with Gasteiger partial charge in [0.1, 0.15) is 0 Å². The summed E-state index contributed by atoms with van der Waals surface area (Å²) in [6, 6.07) is 0. The molecule has 0 aliphatic carbocycles. The largest absolute Gasteiger partial charge is 0.330 e. The number of halogens is 1. The van der Waals surface area contributed by atoms with Crippen LogP contribution in [0.15, 0.2) is 0 Å². The molecule has 0 aliphatic rings. The zero-order chi connectivity index (χ0) is 15.3. The molecule has 116 valence electrons. The van der Waals surface area contributed by atoms with Crippen molar-refractivity contribution < 1.29 is 0 Å². The molecular weight excluding hydrogens is 272 g/mol. The lowest BCUT2D eigenvalue weighted by molar-refractivity contribution is 0.172. The van der Waals surface area contributed by atoms with Crippen molar-refractivity contribution in [3.63, 3.8) is 0 Å². The van der Waals surface area contributed by atoms with Crippen molar-refractivity contribution in [3.05, 3.63) is 16.4 Å². The third kappa shape index (κ3) is 4.47. The second-order valence-electron chi connectivity index (χ2n) is 6.24. The number of nitrogens with zero attached hydrogens (tertiary/aromatic N) is 3. The lowest BCUT2D eigenvalue weighted by Crippen LogP contribution is -2.39. The molecule has 20 heavy (non-hydrogen) atoms. The predicted octanol–water partition coefficient (Wildman–Crippen LogP) is 3.06. The van der Waals surface area contributed by atoms with Crippen LogP contribution in [0.1, 0.15) is 45.5 Å². The summed E-state index contributed by atoms with van der Waals surface area (Å²) in [5, 5.41) is 5.30. The van der Waals surface area contributed by atoms with Crippen molar-refractivity contribution >= 4 is 11.6 Å². The Morgan fingerprint density at radius 1 is 1.35 bits per heavy atom. The Hall–Kier alpha value is -0.580. The smallest absolute Gasteiger partial charge is 0.0860 e. The van der Waals surface area contributed by atoms with Crippen molar-refractivity contribution in [1.82, 2.24) is 14.7 Å². The fourth-order valence-electron chi connectivity index (χ4n) is 2.43. The second kappa shape index (κ2) is 7.43. The molecule has 0 spiro atoms. The normalized spacial score (nSPS) is 12.4. The second-order valence-corrected chi connectivity index (χ2v) is 6.62. The molecule has 0 bridgehead atoms. The van der Waals surface area contributed by atoms with Crippen molar-refractivity contribution in [2.75, 3.05) is 19.6 Å². The summed E-state index contributed by atoms with van der Waals surface area (Å²) >= 11 is 6.41. The number of aryl methyl sites for hydroxylation is 2. The number of aromatic nitrogens is 2. The van der Waals surface area contributed by atoms with E-state index in [9.17, 15) is 0 Å². The maximum atomic E-state index is 6.41. The van der Waals surface area contributed by atoms with Crippen LogP contribution in [0.3, 0.4) is 0 Å². The summed E-state index contributed by atoms with van der Waals surface area (Å²) in [7, 11) is 0. The average molecular weight is 301 g/mol. The van der Waals surface area contributed by atoms with E-state index in [2.05, 4.69) is 37.7 Å². The van der Waals surface area contributed by atoms with Crippen molar-refractivity contribution in [1.29, 1.82) is 0 Å². The SMILES string of the molecule is CCCN(Cc1c(Cl)c(C)nn1CC)CC(C)(C)CN. The molecule has 0 saturated heterocycles. The lowest BCUT2D eigenvalue weighted by atomic mass is 9.93. The van der Waals surface area contributed by atoms with Gasteiger partial charge in [0.25, 0.3) is 0 Å². The van der Waals surface area contributed by atoms with Crippen LogP contribution in [0.5, 0.6) is 0 Å². The first-order valence-corrected chi connectivity index (χ1v) is 7.86. The quantitative estimate of drug-likeness (QED) is 0.802. The Kier molecular flexibility index (Phi) is 6.49. The van der Waals surface area contributed by atoms with Crippen LogP contribution in [0.25, 0.3) is 0 Å². The molecule has 0 saturated carbocycles. The Morgan fingerprint density at radius 2 is 2.00 bits per heavy atom. The molecule has 2 N–H and O–H groups in total. The average Bonchev–Trinajstić information content (AvgIpc) is 2.66. The Labute approximate surface area is 128 Å². The first kappa shape index (κ1) is 17.5. The van der Waals surface area contributed by atoms with Gasteiger partial charge >= 0.3 is 0 Å². The summed E-state index contributed by atoms with van der Waals surface area (Å²) in [6.07, 6.45) is 1.12. The summed E-state index contributed by atoms with van der Waals surface area (Å²) in [4.78, 5) is 2.43. The first-order valence-electron chi connectivity index (χ1n) is 7.48. The van der Waals surface area contributed by atoms with E-state index >= 15 is 0 Å². The molecule has 0 atom stereocenters. The van der Waals surface area contributed by atoms with E-state index in [-0.39, 0.29) is 5.41 Å². The number of hydrogen-bond acceptors (Lipinski definition) is 3. The molecule has 0 radical (unpaired) electrons. The molecule has 0 unspecified atom stereocenters. The number of nitrogens with two attached hydrogens (primary N) is 1. The summed E-state index contributed by atoms with van der Waals surface area (Å²) < 4.78 is 2.01. The zero-order valence-electron chi connectivity index (χ0n) is 13.5. The zero-order valence-corrected chi connectivity index (χ0v) is 14.3. The summed E-state index contributed by atoms with van der Waals surface area (Å²) in [5.41, 5.74) is 8.02. The van der Waals surface area contributed by atoms with Crippen LogP contribution < -0.4 is 5.73 Å². The summed E-state index contributed by atoms with van der Waals surface area (Å²) in [5.74, 6) is 0. The topological polar surface area (TPSA) is 47.1 Å². The van der Waals surface area contributed by atoms with E-state index in [1.54, 1.807) is 0 Å². The minimum atomic E-state index is 0.119. The van der Waals surface area contributed by atoms with Gasteiger partial charge in [-0.1, -0.05) is 32.4 Å². The number of hydrogen-bond donors (Lipinski definition) is 1. The van der Waals surface area contributed by atoms with Crippen molar-refractivity contribution in [2.24, 2.45) is 11.1 Å². The molecule has 5 heteroatoms. The minimum absolute atomic E-state index is 0.119. The highest BCUT2D eigenvalue weighted by Crippen LogP contribution is 2.24. The van der Waals surface area contributed by atoms with E-state index < -0.39 is 0 Å². The fourth-order valence-corrected chi connectivity index (χ4v) is 2.63. The molecular formula is C15H29ClN4. The van der Waals surface area contributed by atoms with Gasteiger partial charge in [0.05, 0.1) is 16.4 Å². The highest BCUT2D eigenvalue weighted by atomic mass is 35.5. The van der Waals surface area contributed by atoms with E-state index in [0.717, 1.165) is 49.0 Å². The molecule has 1 rings (SSSR count). The van der Waals surface area contributed by atoms with Crippen LogP contribution in [0, 0.1) is 12.3 Å². The van der Waals surface area contributed by atoms with Gasteiger partial charge in [-0.3, -0.25) is 9.58 Å². The molecule has 0 aliphatic heterocycles. The third-order valence-corrected chi connectivity index (χ3v) is 4.06. The van der Waals surface area contributed by atoms with Gasteiger partial charge in [-0.2, -0.15) is 5.10 Å². The maximum absolute atomic E-state index is 6.41. The Balaban J connectivity index is 2.90. The minimum Gasteiger partial charge on any atom is -0.330 e. The fraction of sp³-hybridized carbons (Fsp3) is 0.800. The van der Waals surface area contributed by atoms with Crippen LogP contribution in [-0.2, 0) is 13.1 Å². The van der Waals surface area contributed by atoms with Crippen LogP contribution in [-0.4, -0.2) is 34.3 Å². The van der Waals surface area contributed by atoms with E-state index in [1.807, 2.05) is 11.6 Å². The molecule has 0 aromatic carbocycles. The number of rotatable bonds is 8. The van der Waals surface area contributed by atoms with Crippen molar-refractivity contribution in [2.45, 2.75) is 54.1 Å². The third-order valence-electron chi connectivity index (χ3n) is 3.57. The molecule has 0 fully saturated rings. The van der Waals surface area contributed by atoms with E-state index in [4.69, 9.17) is 17.3 Å². The highest BCUT2D eigenvalue weighted by molar-refractivity contribution is 6.31. The Morgan fingerprint density at radius 3 is 2.50 bits per heavy atom. The Bertz CT molecular complexity index is 426. The summed E-state index contributed by atoms with van der Waals surface area (Å²) in [6.45, 7) is 15.1. The van der Waals surface area contributed by atoms with Crippen molar-refractivity contribution in [3.8, 4) is 0 Å². The predicted molar refractivity (Wildman–Crippen MR) is 86.1 cm³/mol. The van der Waals surface area contributed by atoms with Gasteiger partial charge in [0.15, 0.2) is 0 Å². The van der Waals surface area contributed by atoms with Crippen LogP contribution >= 0.6 is 11.6 Å². The van der Waals surface area contributed by atoms with Gasteiger partial charge in [-0.15, -0.1) is 0 Å². The van der Waals surface area contributed by atoms with Gasteiger partial charge < -0.3 is 5.73 Å². The molecule has 1 aromatic heterocycles. The van der Waals surface area contributed by atoms with Gasteiger partial charge in [-0.05, 0) is 38.8 Å². The lowest BCUT2D eigenvalue weighted by Gasteiger charge is -2.31. The first-order chi connectivity index (χ1) is 9.34. The van der Waals surface area contributed by atoms with Crippen LogP contribution in [0.4, 0.5) is 0 Å². The van der Waals surface area contributed by atoms with Gasteiger partial charge in [0, 0.05) is 19.6 Å². The monoisotopic (exact) mass is 300 g/mol. The highest BCUT2D eigenvalue weighted by Gasteiger charge is 2.22.